The van der Waals surface area contributed by atoms with Crippen molar-refractivity contribution in [2.75, 3.05) is 26.4 Å². The Morgan fingerprint density at radius 2 is 1.08 bits per heavy atom. The molecular formula is C18H16O6. The molecule has 0 unspecified atom stereocenters. The molecule has 0 aliphatic heterocycles. The molecule has 0 saturated carbocycles. The van der Waals surface area contributed by atoms with Crippen molar-refractivity contribution in [1.29, 1.82) is 0 Å². The molecule has 124 valence electrons. The number of carbonyl (C=O) groups is 2. The summed E-state index contributed by atoms with van der Waals surface area (Å²) in [6.45, 7) is -0.0427. The summed E-state index contributed by atoms with van der Waals surface area (Å²) in [5.41, 5.74) is 1.19. The molecule has 6 nitrogen and oxygen atoms in total. The molecule has 24 heavy (non-hydrogen) atoms. The highest BCUT2D eigenvalue weighted by Crippen LogP contribution is 2.31. The minimum absolute atomic E-state index is 0.114. The third-order valence-corrected chi connectivity index (χ3v) is 3.68. The molecule has 0 heterocycles. The van der Waals surface area contributed by atoms with Gasteiger partial charge in [0.15, 0.2) is 11.6 Å². The van der Waals surface area contributed by atoms with E-state index in [1.54, 1.807) is 24.3 Å². The summed E-state index contributed by atoms with van der Waals surface area (Å²) in [6.07, 6.45) is 0. The second-order valence-electron chi connectivity index (χ2n) is 5.22. The highest BCUT2D eigenvalue weighted by Gasteiger charge is 2.30. The largest absolute Gasteiger partial charge is 0.491 e. The van der Waals surface area contributed by atoms with Crippen LogP contribution in [0.4, 0.5) is 0 Å². The van der Waals surface area contributed by atoms with Gasteiger partial charge < -0.3 is 19.7 Å². The van der Waals surface area contributed by atoms with Crippen molar-refractivity contribution >= 4 is 11.6 Å². The summed E-state index contributed by atoms with van der Waals surface area (Å²) in [5.74, 6) is 0.330. The van der Waals surface area contributed by atoms with Crippen LogP contribution < -0.4 is 9.47 Å². The van der Waals surface area contributed by atoms with Gasteiger partial charge in [0, 0.05) is 22.3 Å². The lowest BCUT2D eigenvalue weighted by atomic mass is 9.84. The molecule has 0 amide bonds. The van der Waals surface area contributed by atoms with Gasteiger partial charge in [0.2, 0.25) is 0 Å². The van der Waals surface area contributed by atoms with E-state index in [0.717, 1.165) is 0 Å². The van der Waals surface area contributed by atoms with E-state index in [9.17, 15) is 9.59 Å². The number of carbonyl (C=O) groups excluding carboxylic acids is 2. The average Bonchev–Trinajstić information content (AvgIpc) is 2.62. The number of ketones is 2. The molecule has 0 bridgehead atoms. The summed E-state index contributed by atoms with van der Waals surface area (Å²) in [5, 5.41) is 17.6. The number of ether oxygens (including phenoxy) is 2. The Bertz CT molecular complexity index is 729. The fourth-order valence-electron chi connectivity index (χ4n) is 2.62. The second-order valence-corrected chi connectivity index (χ2v) is 5.22. The Labute approximate surface area is 138 Å². The Morgan fingerprint density at radius 3 is 1.46 bits per heavy atom. The van der Waals surface area contributed by atoms with Crippen LogP contribution in [0.25, 0.3) is 0 Å². The number of hydrogen-bond acceptors (Lipinski definition) is 6. The smallest absolute Gasteiger partial charge is 0.194 e. The molecule has 2 aromatic carbocycles. The summed E-state index contributed by atoms with van der Waals surface area (Å²) in [7, 11) is 0. The van der Waals surface area contributed by atoms with Crippen LogP contribution in [0, 0.1) is 0 Å². The molecule has 0 radical (unpaired) electrons. The van der Waals surface area contributed by atoms with Gasteiger partial charge in [-0.15, -0.1) is 0 Å². The minimum atomic E-state index is -0.261. The Morgan fingerprint density at radius 1 is 0.667 bits per heavy atom. The van der Waals surface area contributed by atoms with Crippen molar-refractivity contribution in [3.05, 3.63) is 58.7 Å². The standard InChI is InChI=1S/C18H16O6/c19-5-7-23-11-1-3-13-15(9-11)18(22)14-4-2-12(24-8-6-20)10-16(14)17(13)21/h1-4,9-10,19-20H,5-8H2. The van der Waals surface area contributed by atoms with Crippen molar-refractivity contribution in [3.63, 3.8) is 0 Å². The van der Waals surface area contributed by atoms with E-state index in [0.29, 0.717) is 22.6 Å². The van der Waals surface area contributed by atoms with Crippen LogP contribution in [0.1, 0.15) is 31.8 Å². The zero-order chi connectivity index (χ0) is 17.1. The molecule has 0 saturated heterocycles. The molecule has 0 fully saturated rings. The third kappa shape index (κ3) is 2.89. The maximum absolute atomic E-state index is 12.7. The van der Waals surface area contributed by atoms with E-state index in [-0.39, 0.29) is 49.1 Å². The van der Waals surface area contributed by atoms with Crippen LogP contribution in [0.15, 0.2) is 36.4 Å². The molecule has 0 atom stereocenters. The summed E-state index contributed by atoms with van der Waals surface area (Å²) >= 11 is 0. The molecule has 1 aliphatic rings. The Balaban J connectivity index is 1.98. The van der Waals surface area contributed by atoms with E-state index in [4.69, 9.17) is 19.7 Å². The van der Waals surface area contributed by atoms with E-state index < -0.39 is 0 Å². The van der Waals surface area contributed by atoms with Crippen molar-refractivity contribution in [1.82, 2.24) is 0 Å². The first-order valence-electron chi connectivity index (χ1n) is 7.50. The molecule has 3 rings (SSSR count). The van der Waals surface area contributed by atoms with Gasteiger partial charge in [0.1, 0.15) is 24.7 Å². The van der Waals surface area contributed by atoms with Crippen LogP contribution in [0.5, 0.6) is 11.5 Å². The number of benzene rings is 2. The topological polar surface area (TPSA) is 93.1 Å². The highest BCUT2D eigenvalue weighted by atomic mass is 16.5. The lowest BCUT2D eigenvalue weighted by Gasteiger charge is -2.19. The monoisotopic (exact) mass is 328 g/mol. The second kappa shape index (κ2) is 6.82. The summed E-state index contributed by atoms with van der Waals surface area (Å²) in [4.78, 5) is 25.3. The van der Waals surface area contributed by atoms with Crippen LogP contribution in [-0.2, 0) is 0 Å². The lowest BCUT2D eigenvalue weighted by Crippen LogP contribution is -2.21. The normalized spacial score (nSPS) is 12.6. The van der Waals surface area contributed by atoms with Gasteiger partial charge in [0.05, 0.1) is 13.2 Å². The third-order valence-electron chi connectivity index (χ3n) is 3.68. The number of rotatable bonds is 6. The molecular weight excluding hydrogens is 312 g/mol. The van der Waals surface area contributed by atoms with Gasteiger partial charge in [-0.05, 0) is 36.4 Å². The lowest BCUT2D eigenvalue weighted by molar-refractivity contribution is 0.0978. The SMILES string of the molecule is O=C1c2ccc(OCCO)cc2C(=O)c2ccc(OCCO)cc21. The Hall–Kier alpha value is -2.70. The van der Waals surface area contributed by atoms with E-state index in [1.165, 1.54) is 12.1 Å². The fourth-order valence-corrected chi connectivity index (χ4v) is 2.62. The van der Waals surface area contributed by atoms with Crippen LogP contribution in [0.3, 0.4) is 0 Å². The van der Waals surface area contributed by atoms with E-state index >= 15 is 0 Å². The predicted molar refractivity (Wildman–Crippen MR) is 84.9 cm³/mol. The number of aliphatic hydroxyl groups excluding tert-OH is 2. The van der Waals surface area contributed by atoms with Crippen LogP contribution >= 0.6 is 0 Å². The molecule has 6 heteroatoms. The van der Waals surface area contributed by atoms with E-state index in [2.05, 4.69) is 0 Å². The van der Waals surface area contributed by atoms with E-state index in [1.807, 2.05) is 0 Å². The number of fused-ring (bicyclic) bond motifs is 2. The van der Waals surface area contributed by atoms with Crippen molar-refractivity contribution in [2.24, 2.45) is 0 Å². The quantitative estimate of drug-likeness (QED) is 0.706. The van der Waals surface area contributed by atoms with Crippen molar-refractivity contribution in [2.45, 2.75) is 0 Å². The molecule has 2 N–H and O–H groups in total. The first-order chi connectivity index (χ1) is 11.7. The zero-order valence-corrected chi connectivity index (χ0v) is 12.8. The predicted octanol–water partition coefficient (Wildman–Crippen LogP) is 1.20. The number of aliphatic hydroxyl groups is 2. The summed E-state index contributed by atoms with van der Waals surface area (Å²) in [6, 6.07) is 9.32. The Kier molecular flexibility index (Phi) is 4.59. The first-order valence-corrected chi connectivity index (χ1v) is 7.50. The molecule has 2 aromatic rings. The first kappa shape index (κ1) is 16.2. The van der Waals surface area contributed by atoms with Gasteiger partial charge in [-0.1, -0.05) is 0 Å². The molecule has 0 aromatic heterocycles. The summed E-state index contributed by atoms with van der Waals surface area (Å²) < 4.78 is 10.6. The van der Waals surface area contributed by atoms with Gasteiger partial charge in [0.25, 0.3) is 0 Å². The zero-order valence-electron chi connectivity index (χ0n) is 12.8. The molecule has 1 aliphatic carbocycles. The average molecular weight is 328 g/mol. The van der Waals surface area contributed by atoms with Crippen LogP contribution in [-0.4, -0.2) is 48.2 Å². The van der Waals surface area contributed by atoms with Gasteiger partial charge in [-0.25, -0.2) is 0 Å². The van der Waals surface area contributed by atoms with Crippen molar-refractivity contribution < 1.29 is 29.3 Å². The number of hydrogen-bond donors (Lipinski definition) is 2. The van der Waals surface area contributed by atoms with Gasteiger partial charge >= 0.3 is 0 Å². The maximum atomic E-state index is 12.7. The fraction of sp³-hybridized carbons (Fsp3) is 0.222. The van der Waals surface area contributed by atoms with Crippen molar-refractivity contribution in [3.8, 4) is 11.5 Å². The van der Waals surface area contributed by atoms with Crippen LogP contribution in [0.2, 0.25) is 0 Å². The minimum Gasteiger partial charge on any atom is -0.491 e. The molecule has 0 spiro atoms. The van der Waals surface area contributed by atoms with Gasteiger partial charge in [-0.2, -0.15) is 0 Å². The van der Waals surface area contributed by atoms with Gasteiger partial charge in [-0.3, -0.25) is 9.59 Å². The maximum Gasteiger partial charge on any atom is 0.194 e. The highest BCUT2D eigenvalue weighted by molar-refractivity contribution is 6.28.